The molecule has 0 saturated heterocycles. The number of carbonyl (C=O) groups is 2. The van der Waals surface area contributed by atoms with Crippen molar-refractivity contribution in [3.8, 4) is 0 Å². The number of rotatable bonds is 6. The van der Waals surface area contributed by atoms with Gasteiger partial charge >= 0.3 is 12.0 Å². The quantitative estimate of drug-likeness (QED) is 0.797. The normalized spacial score (nSPS) is 11.7. The molecule has 0 saturated carbocycles. The number of thiophene rings is 1. The Morgan fingerprint density at radius 2 is 1.96 bits per heavy atom. The van der Waals surface area contributed by atoms with Crippen molar-refractivity contribution < 1.29 is 14.3 Å². The van der Waals surface area contributed by atoms with E-state index >= 15 is 0 Å². The van der Waals surface area contributed by atoms with Crippen LogP contribution in [0.5, 0.6) is 0 Å². The number of primary amides is 1. The number of nitrogens with two attached hydrogens (primary N) is 1. The summed E-state index contributed by atoms with van der Waals surface area (Å²) in [5.74, 6) is -0.378. The summed E-state index contributed by atoms with van der Waals surface area (Å²) in [5, 5.41) is 4.46. The van der Waals surface area contributed by atoms with Gasteiger partial charge in [0, 0.05) is 4.88 Å². The van der Waals surface area contributed by atoms with E-state index in [-0.39, 0.29) is 19.0 Å². The van der Waals surface area contributed by atoms with Crippen molar-refractivity contribution in [2.75, 3.05) is 0 Å². The molecule has 122 valence electrons. The number of hydrogen-bond acceptors (Lipinski definition) is 4. The molecule has 0 aliphatic rings. The third kappa shape index (κ3) is 5.41. The summed E-state index contributed by atoms with van der Waals surface area (Å²) in [7, 11) is 0. The lowest BCUT2D eigenvalue weighted by molar-refractivity contribution is -0.145. The molecule has 0 unspecified atom stereocenters. The second-order valence-corrected chi connectivity index (χ2v) is 6.42. The van der Waals surface area contributed by atoms with Crippen molar-refractivity contribution in [3.63, 3.8) is 0 Å². The summed E-state index contributed by atoms with van der Waals surface area (Å²) in [5.41, 5.74) is 8.38. The predicted molar refractivity (Wildman–Crippen MR) is 90.1 cm³/mol. The van der Waals surface area contributed by atoms with Gasteiger partial charge in [-0.2, -0.15) is 0 Å². The summed E-state index contributed by atoms with van der Waals surface area (Å²) in [4.78, 5) is 24.0. The maximum absolute atomic E-state index is 12.1. The molecule has 2 rings (SSSR count). The summed E-state index contributed by atoms with van der Waals surface area (Å²) < 4.78 is 5.32. The fraction of sp³-hybridized carbons (Fsp3) is 0.294. The van der Waals surface area contributed by atoms with Crippen molar-refractivity contribution in [1.82, 2.24) is 5.32 Å². The largest absolute Gasteiger partial charge is 0.461 e. The van der Waals surface area contributed by atoms with Crippen LogP contribution in [0.25, 0.3) is 0 Å². The van der Waals surface area contributed by atoms with Gasteiger partial charge in [0.05, 0.1) is 12.5 Å². The van der Waals surface area contributed by atoms with Crippen LogP contribution in [-0.2, 0) is 16.1 Å². The Balaban J connectivity index is 1.95. The molecule has 0 aliphatic carbocycles. The molecule has 6 heteroatoms. The molecule has 5 nitrogen and oxygen atoms in total. The Bertz CT molecular complexity index is 663. The van der Waals surface area contributed by atoms with Crippen LogP contribution in [0.15, 0.2) is 35.7 Å². The van der Waals surface area contributed by atoms with Crippen molar-refractivity contribution in [2.45, 2.75) is 32.9 Å². The monoisotopic (exact) mass is 332 g/mol. The highest BCUT2D eigenvalue weighted by atomic mass is 32.1. The van der Waals surface area contributed by atoms with Gasteiger partial charge in [-0.1, -0.05) is 35.4 Å². The molecule has 0 aliphatic heterocycles. The minimum atomic E-state index is -0.662. The van der Waals surface area contributed by atoms with Crippen molar-refractivity contribution >= 4 is 23.3 Å². The van der Waals surface area contributed by atoms with Crippen LogP contribution < -0.4 is 11.1 Å². The van der Waals surface area contributed by atoms with Gasteiger partial charge in [-0.05, 0) is 30.9 Å². The van der Waals surface area contributed by atoms with Crippen LogP contribution in [0.4, 0.5) is 4.79 Å². The zero-order chi connectivity index (χ0) is 16.8. The average Bonchev–Trinajstić information content (AvgIpc) is 2.97. The molecular formula is C17H20N2O3S. The zero-order valence-electron chi connectivity index (χ0n) is 13.2. The molecule has 0 radical (unpaired) electrons. The second-order valence-electron chi connectivity index (χ2n) is 5.44. The summed E-state index contributed by atoms with van der Waals surface area (Å²) >= 11 is 1.46. The number of nitrogens with one attached hydrogen (secondary N) is 1. The van der Waals surface area contributed by atoms with Crippen molar-refractivity contribution in [2.24, 2.45) is 5.73 Å². The standard InChI is InChI=1S/C17H20N2O3S/c1-11-6-12(2)8-13(7-11)10-22-16(20)9-14(19-17(18)21)15-4-3-5-23-15/h3-8,14H,9-10H2,1-2H3,(H3,18,19,21)/t14-/m0/s1. The lowest BCUT2D eigenvalue weighted by atomic mass is 10.1. The highest BCUT2D eigenvalue weighted by molar-refractivity contribution is 7.10. The van der Waals surface area contributed by atoms with Crippen LogP contribution >= 0.6 is 11.3 Å². The van der Waals surface area contributed by atoms with E-state index in [0.29, 0.717) is 0 Å². The highest BCUT2D eigenvalue weighted by Crippen LogP contribution is 2.22. The molecule has 23 heavy (non-hydrogen) atoms. The topological polar surface area (TPSA) is 81.4 Å². The number of aryl methyl sites for hydroxylation is 2. The third-order valence-electron chi connectivity index (χ3n) is 3.26. The Kier molecular flexibility index (Phi) is 5.76. The Hall–Kier alpha value is -2.34. The van der Waals surface area contributed by atoms with E-state index in [1.807, 2.05) is 43.5 Å². The van der Waals surface area contributed by atoms with Gasteiger partial charge in [-0.3, -0.25) is 4.79 Å². The van der Waals surface area contributed by atoms with Gasteiger partial charge in [0.15, 0.2) is 0 Å². The van der Waals surface area contributed by atoms with E-state index in [2.05, 4.69) is 11.4 Å². The maximum Gasteiger partial charge on any atom is 0.312 e. The molecule has 2 aromatic rings. The molecule has 2 amide bonds. The molecule has 1 aromatic carbocycles. The molecule has 1 aromatic heterocycles. The third-order valence-corrected chi connectivity index (χ3v) is 4.24. The first-order chi connectivity index (χ1) is 10.9. The predicted octanol–water partition coefficient (Wildman–Crippen LogP) is 3.21. The van der Waals surface area contributed by atoms with Crippen LogP contribution in [0.3, 0.4) is 0 Å². The lowest BCUT2D eigenvalue weighted by Gasteiger charge is -2.15. The smallest absolute Gasteiger partial charge is 0.312 e. The van der Waals surface area contributed by atoms with E-state index in [9.17, 15) is 9.59 Å². The molecule has 1 atom stereocenters. The summed E-state index contributed by atoms with van der Waals surface area (Å²) in [6.07, 6.45) is 0.0499. The Labute approximate surface area is 139 Å². The molecule has 0 fully saturated rings. The van der Waals surface area contributed by atoms with E-state index in [1.165, 1.54) is 11.3 Å². The van der Waals surface area contributed by atoms with E-state index in [1.54, 1.807) is 0 Å². The first kappa shape index (κ1) is 17.0. The number of amides is 2. The van der Waals surface area contributed by atoms with Crippen molar-refractivity contribution in [3.05, 3.63) is 57.3 Å². The van der Waals surface area contributed by atoms with Crippen LogP contribution in [0, 0.1) is 13.8 Å². The van der Waals surface area contributed by atoms with Crippen LogP contribution in [0.1, 0.15) is 34.0 Å². The van der Waals surface area contributed by atoms with Gasteiger partial charge < -0.3 is 15.8 Å². The van der Waals surface area contributed by atoms with Crippen LogP contribution in [0.2, 0.25) is 0 Å². The van der Waals surface area contributed by atoms with Gasteiger partial charge in [0.25, 0.3) is 0 Å². The fourth-order valence-corrected chi connectivity index (χ4v) is 3.20. The lowest BCUT2D eigenvalue weighted by Crippen LogP contribution is -2.34. The highest BCUT2D eigenvalue weighted by Gasteiger charge is 2.19. The maximum atomic E-state index is 12.1. The molecule has 1 heterocycles. The van der Waals surface area contributed by atoms with Gasteiger partial charge in [-0.25, -0.2) is 4.79 Å². The SMILES string of the molecule is Cc1cc(C)cc(COC(=O)C[C@H](NC(N)=O)c2cccs2)c1. The number of carbonyl (C=O) groups excluding carboxylic acids is 2. The first-order valence-corrected chi connectivity index (χ1v) is 8.14. The van der Waals surface area contributed by atoms with E-state index < -0.39 is 12.1 Å². The van der Waals surface area contributed by atoms with Gasteiger partial charge in [0.2, 0.25) is 0 Å². The number of esters is 1. The minimum absolute atomic E-state index is 0.0499. The van der Waals surface area contributed by atoms with Gasteiger partial charge in [-0.15, -0.1) is 11.3 Å². The van der Waals surface area contributed by atoms with Crippen LogP contribution in [-0.4, -0.2) is 12.0 Å². The zero-order valence-corrected chi connectivity index (χ0v) is 14.0. The number of urea groups is 1. The van der Waals surface area contributed by atoms with E-state index in [4.69, 9.17) is 10.5 Å². The molecule has 3 N–H and O–H groups in total. The molecule has 0 spiro atoms. The minimum Gasteiger partial charge on any atom is -0.461 e. The molecular weight excluding hydrogens is 312 g/mol. The number of hydrogen-bond donors (Lipinski definition) is 2. The van der Waals surface area contributed by atoms with Crippen molar-refractivity contribution in [1.29, 1.82) is 0 Å². The number of benzene rings is 1. The van der Waals surface area contributed by atoms with Gasteiger partial charge in [0.1, 0.15) is 6.61 Å². The average molecular weight is 332 g/mol. The second kappa shape index (κ2) is 7.78. The first-order valence-electron chi connectivity index (χ1n) is 7.26. The number of ether oxygens (including phenoxy) is 1. The fourth-order valence-electron chi connectivity index (χ4n) is 2.43. The molecule has 0 bridgehead atoms. The van der Waals surface area contributed by atoms with E-state index in [0.717, 1.165) is 21.6 Å². The Morgan fingerprint density at radius 1 is 1.26 bits per heavy atom. The Morgan fingerprint density at radius 3 is 2.52 bits per heavy atom. The summed E-state index contributed by atoms with van der Waals surface area (Å²) in [6.45, 7) is 4.22. The summed E-state index contributed by atoms with van der Waals surface area (Å²) in [6, 6.07) is 8.62.